The summed E-state index contributed by atoms with van der Waals surface area (Å²) in [5.74, 6) is 0.301. The fourth-order valence-electron chi connectivity index (χ4n) is 2.17. The van der Waals surface area contributed by atoms with Gasteiger partial charge in [-0.25, -0.2) is 0 Å². The van der Waals surface area contributed by atoms with E-state index in [2.05, 4.69) is 12.2 Å². The van der Waals surface area contributed by atoms with Crippen molar-refractivity contribution in [3.05, 3.63) is 48.0 Å². The zero-order chi connectivity index (χ0) is 10.5. The fraction of sp³-hybridized carbons (Fsp3) is 0.429. The first-order valence-corrected chi connectivity index (χ1v) is 5.77. The summed E-state index contributed by atoms with van der Waals surface area (Å²) in [5.41, 5.74) is 1.04. The Hall–Kier alpha value is -1.08. The summed E-state index contributed by atoms with van der Waals surface area (Å²) in [6, 6.07) is 9.96. The lowest BCUT2D eigenvalue weighted by Crippen LogP contribution is -2.09. The van der Waals surface area contributed by atoms with Crippen LogP contribution >= 0.6 is 0 Å². The van der Waals surface area contributed by atoms with E-state index >= 15 is 0 Å². The van der Waals surface area contributed by atoms with E-state index < -0.39 is 0 Å². The number of hydrogen-bond acceptors (Lipinski definition) is 1. The summed E-state index contributed by atoms with van der Waals surface area (Å²) >= 11 is 0. The highest BCUT2D eigenvalue weighted by Crippen LogP contribution is 2.29. The Bertz CT molecular complexity index is 315. The molecule has 1 aliphatic rings. The van der Waals surface area contributed by atoms with Gasteiger partial charge >= 0.3 is 0 Å². The molecule has 0 aliphatic heterocycles. The predicted molar refractivity (Wildman–Crippen MR) is 62.5 cm³/mol. The van der Waals surface area contributed by atoms with Gasteiger partial charge in [-0.05, 0) is 24.8 Å². The second kappa shape index (κ2) is 5.13. The zero-order valence-electron chi connectivity index (χ0n) is 8.97. The second-order valence-electron chi connectivity index (χ2n) is 4.23. The Balaban J connectivity index is 2.09. The van der Waals surface area contributed by atoms with Crippen LogP contribution in [-0.4, -0.2) is 5.11 Å². The molecule has 0 heterocycles. The van der Waals surface area contributed by atoms with E-state index in [1.807, 2.05) is 30.3 Å². The molecule has 0 saturated heterocycles. The lowest BCUT2D eigenvalue weighted by Gasteiger charge is -2.19. The highest BCUT2D eigenvalue weighted by atomic mass is 16.3. The summed E-state index contributed by atoms with van der Waals surface area (Å²) in [4.78, 5) is 0. The summed E-state index contributed by atoms with van der Waals surface area (Å²) in [6.45, 7) is 0. The van der Waals surface area contributed by atoms with Crippen LogP contribution < -0.4 is 0 Å². The Kier molecular flexibility index (Phi) is 3.57. The van der Waals surface area contributed by atoms with E-state index in [0.29, 0.717) is 5.92 Å². The van der Waals surface area contributed by atoms with Crippen molar-refractivity contribution in [2.75, 3.05) is 0 Å². The van der Waals surface area contributed by atoms with Crippen LogP contribution in [0.4, 0.5) is 0 Å². The van der Waals surface area contributed by atoms with Gasteiger partial charge in [-0.3, -0.25) is 0 Å². The summed E-state index contributed by atoms with van der Waals surface area (Å²) in [7, 11) is 0. The molecule has 1 N–H and O–H groups in total. The largest absolute Gasteiger partial charge is 0.388 e. The Morgan fingerprint density at radius 3 is 2.73 bits per heavy atom. The Morgan fingerprint density at radius 1 is 1.13 bits per heavy atom. The first kappa shape index (κ1) is 10.4. The van der Waals surface area contributed by atoms with Crippen LogP contribution in [0.3, 0.4) is 0 Å². The molecular weight excluding hydrogens is 184 g/mol. The third-order valence-corrected chi connectivity index (χ3v) is 3.09. The van der Waals surface area contributed by atoms with Crippen molar-refractivity contribution in [1.82, 2.24) is 0 Å². The molecule has 0 fully saturated rings. The van der Waals surface area contributed by atoms with Crippen molar-refractivity contribution in [1.29, 1.82) is 0 Å². The molecule has 0 aromatic heterocycles. The minimum atomic E-state index is -0.333. The van der Waals surface area contributed by atoms with E-state index in [4.69, 9.17) is 0 Å². The molecule has 0 radical (unpaired) electrons. The van der Waals surface area contributed by atoms with Crippen LogP contribution in [0.1, 0.15) is 37.4 Å². The van der Waals surface area contributed by atoms with E-state index in [-0.39, 0.29) is 6.10 Å². The highest BCUT2D eigenvalue weighted by Gasteiger charge is 2.18. The van der Waals surface area contributed by atoms with Gasteiger partial charge in [-0.15, -0.1) is 0 Å². The molecule has 80 valence electrons. The summed E-state index contributed by atoms with van der Waals surface area (Å²) in [6.07, 6.45) is 8.82. The minimum Gasteiger partial charge on any atom is -0.388 e. The second-order valence-corrected chi connectivity index (χ2v) is 4.23. The quantitative estimate of drug-likeness (QED) is 0.728. The number of aliphatic hydroxyl groups excluding tert-OH is 1. The predicted octanol–water partition coefficient (Wildman–Crippen LogP) is 3.47. The van der Waals surface area contributed by atoms with Gasteiger partial charge in [0, 0.05) is 5.92 Å². The summed E-state index contributed by atoms with van der Waals surface area (Å²) in [5, 5.41) is 10.2. The molecule has 0 amide bonds. The highest BCUT2D eigenvalue weighted by molar-refractivity contribution is 5.19. The number of aliphatic hydroxyl groups is 1. The maximum atomic E-state index is 10.2. The lowest BCUT2D eigenvalue weighted by molar-refractivity contribution is 0.126. The number of benzene rings is 1. The molecule has 1 nitrogen and oxygen atoms in total. The van der Waals surface area contributed by atoms with Crippen molar-refractivity contribution in [2.45, 2.75) is 31.8 Å². The van der Waals surface area contributed by atoms with Gasteiger partial charge in [0.2, 0.25) is 0 Å². The molecule has 15 heavy (non-hydrogen) atoms. The van der Waals surface area contributed by atoms with Gasteiger partial charge in [-0.1, -0.05) is 48.9 Å². The van der Waals surface area contributed by atoms with Crippen molar-refractivity contribution < 1.29 is 5.11 Å². The van der Waals surface area contributed by atoms with Crippen molar-refractivity contribution in [3.8, 4) is 0 Å². The van der Waals surface area contributed by atoms with Crippen LogP contribution in [0, 0.1) is 5.92 Å². The fourth-order valence-corrected chi connectivity index (χ4v) is 2.17. The van der Waals surface area contributed by atoms with Crippen LogP contribution in [0.2, 0.25) is 0 Å². The van der Waals surface area contributed by atoms with Gasteiger partial charge in [0.15, 0.2) is 0 Å². The molecule has 0 spiro atoms. The maximum absolute atomic E-state index is 10.2. The molecule has 0 unspecified atom stereocenters. The molecule has 1 heteroatoms. The van der Waals surface area contributed by atoms with Crippen LogP contribution in [0.15, 0.2) is 42.5 Å². The molecule has 2 rings (SSSR count). The topological polar surface area (TPSA) is 20.2 Å². The van der Waals surface area contributed by atoms with Gasteiger partial charge in [0.05, 0.1) is 6.10 Å². The Morgan fingerprint density at radius 2 is 1.93 bits per heavy atom. The molecular formula is C14H18O. The number of hydrogen-bond donors (Lipinski definition) is 1. The van der Waals surface area contributed by atoms with Gasteiger partial charge in [0.1, 0.15) is 0 Å². The van der Waals surface area contributed by atoms with E-state index in [9.17, 15) is 5.11 Å². The molecule has 1 aliphatic carbocycles. The monoisotopic (exact) mass is 202 g/mol. The zero-order valence-corrected chi connectivity index (χ0v) is 8.97. The maximum Gasteiger partial charge on any atom is 0.0852 e. The third kappa shape index (κ3) is 2.69. The third-order valence-electron chi connectivity index (χ3n) is 3.09. The standard InChI is InChI=1S/C14H18O/c15-14(13-10-6-3-7-11-13)12-8-4-1-2-5-9-12/h3-4,6-8,10-12,14-15H,1-2,5,9H2/t12-,14-/m0/s1. The average molecular weight is 202 g/mol. The summed E-state index contributed by atoms with van der Waals surface area (Å²) < 4.78 is 0. The van der Waals surface area contributed by atoms with Crippen molar-refractivity contribution in [2.24, 2.45) is 5.92 Å². The minimum absolute atomic E-state index is 0.301. The molecule has 1 aromatic rings. The number of rotatable bonds is 2. The van der Waals surface area contributed by atoms with Crippen LogP contribution in [-0.2, 0) is 0 Å². The molecule has 1 aromatic carbocycles. The van der Waals surface area contributed by atoms with Gasteiger partial charge in [-0.2, -0.15) is 0 Å². The first-order chi connectivity index (χ1) is 7.38. The van der Waals surface area contributed by atoms with Gasteiger partial charge < -0.3 is 5.11 Å². The lowest BCUT2D eigenvalue weighted by atomic mass is 9.92. The van der Waals surface area contributed by atoms with Crippen molar-refractivity contribution in [3.63, 3.8) is 0 Å². The average Bonchev–Trinajstić information content (AvgIpc) is 2.58. The number of allylic oxidation sites excluding steroid dienone is 1. The van der Waals surface area contributed by atoms with Crippen LogP contribution in [0.25, 0.3) is 0 Å². The van der Waals surface area contributed by atoms with Gasteiger partial charge in [0.25, 0.3) is 0 Å². The molecule has 0 saturated carbocycles. The Labute approximate surface area is 91.4 Å². The SMILES string of the molecule is O[C@H](c1ccccc1)[C@H]1C=CCCCC1. The van der Waals surface area contributed by atoms with E-state index in [1.165, 1.54) is 12.8 Å². The first-order valence-electron chi connectivity index (χ1n) is 5.77. The molecule has 0 bridgehead atoms. The normalized spacial score (nSPS) is 23.4. The van der Waals surface area contributed by atoms with Crippen LogP contribution in [0.5, 0.6) is 0 Å². The van der Waals surface area contributed by atoms with E-state index in [1.54, 1.807) is 0 Å². The molecule has 2 atom stereocenters. The van der Waals surface area contributed by atoms with Crippen molar-refractivity contribution >= 4 is 0 Å². The van der Waals surface area contributed by atoms with E-state index in [0.717, 1.165) is 18.4 Å². The smallest absolute Gasteiger partial charge is 0.0852 e.